The van der Waals surface area contributed by atoms with Gasteiger partial charge in [0.1, 0.15) is 26.8 Å². The number of anilines is 1. The molecule has 0 saturated carbocycles. The number of hydrogen-bond acceptors (Lipinski definition) is 9. The molecule has 4 heterocycles. The van der Waals surface area contributed by atoms with Crippen LogP contribution in [-0.4, -0.2) is 65.0 Å². The number of amidine groups is 1. The van der Waals surface area contributed by atoms with Gasteiger partial charge in [-0.05, 0) is 18.2 Å². The van der Waals surface area contributed by atoms with Gasteiger partial charge in [0.25, 0.3) is 5.91 Å². The Morgan fingerprint density at radius 2 is 2.14 bits per heavy atom. The molecule has 3 aliphatic heterocycles. The van der Waals surface area contributed by atoms with E-state index in [4.69, 9.17) is 18.9 Å². The molecule has 1 amide bonds. The van der Waals surface area contributed by atoms with Gasteiger partial charge in [0, 0.05) is 25.7 Å². The van der Waals surface area contributed by atoms with Gasteiger partial charge in [-0.15, -0.1) is 0 Å². The topological polar surface area (TPSA) is 89.2 Å². The van der Waals surface area contributed by atoms with Gasteiger partial charge in [-0.1, -0.05) is 23.5 Å². The van der Waals surface area contributed by atoms with Crippen LogP contribution in [0, 0.1) is 6.92 Å². The first-order valence-corrected chi connectivity index (χ1v) is 11.1. The van der Waals surface area contributed by atoms with Crippen molar-refractivity contribution in [2.75, 3.05) is 38.7 Å². The smallest absolute Gasteiger partial charge is 0.265 e. The van der Waals surface area contributed by atoms with Crippen molar-refractivity contribution in [3.05, 3.63) is 34.8 Å². The predicted octanol–water partition coefficient (Wildman–Crippen LogP) is 2.81. The van der Waals surface area contributed by atoms with Crippen molar-refractivity contribution < 1.29 is 18.7 Å². The molecule has 1 aromatic carbocycles. The van der Waals surface area contributed by atoms with E-state index in [0.29, 0.717) is 33.3 Å². The molecule has 152 valence electrons. The standard InChI is InChI=1S/C19H20N4O4S2/c1-10-20-12-9-11(3-4-13(12)27-10)21-17(24)15-14(25-2)16-18(28-15)22-19(29-16)23-5-7-26-8-6-23/h3-4,9,16,18H,5-8H2,1-2H3,(H,21,24). The molecule has 8 nitrogen and oxygen atoms in total. The Morgan fingerprint density at radius 3 is 2.93 bits per heavy atom. The van der Waals surface area contributed by atoms with Gasteiger partial charge in [0.2, 0.25) is 0 Å². The zero-order valence-electron chi connectivity index (χ0n) is 16.0. The number of benzene rings is 1. The van der Waals surface area contributed by atoms with Crippen LogP contribution < -0.4 is 5.32 Å². The second-order valence-electron chi connectivity index (χ2n) is 6.82. The van der Waals surface area contributed by atoms with Gasteiger partial charge in [-0.2, -0.15) is 0 Å². The summed E-state index contributed by atoms with van der Waals surface area (Å²) in [5, 5.41) is 3.93. The highest BCUT2D eigenvalue weighted by atomic mass is 32.2. The van der Waals surface area contributed by atoms with Crippen LogP contribution in [0.3, 0.4) is 0 Å². The Bertz CT molecular complexity index is 1030. The van der Waals surface area contributed by atoms with Crippen LogP contribution in [0.2, 0.25) is 0 Å². The normalized spacial score (nSPS) is 24.1. The van der Waals surface area contributed by atoms with Gasteiger partial charge < -0.3 is 24.1 Å². The lowest BCUT2D eigenvalue weighted by atomic mass is 10.2. The van der Waals surface area contributed by atoms with Gasteiger partial charge in [0.15, 0.2) is 16.6 Å². The number of aryl methyl sites for hydroxylation is 1. The zero-order valence-corrected chi connectivity index (χ0v) is 17.6. The van der Waals surface area contributed by atoms with Crippen molar-refractivity contribution in [1.29, 1.82) is 0 Å². The summed E-state index contributed by atoms with van der Waals surface area (Å²) in [5.74, 6) is 1.09. The van der Waals surface area contributed by atoms with Crippen LogP contribution >= 0.6 is 23.5 Å². The molecule has 1 N–H and O–H groups in total. The summed E-state index contributed by atoms with van der Waals surface area (Å²) in [5.41, 5.74) is 2.08. The molecule has 2 atom stereocenters. The first-order valence-electron chi connectivity index (χ1n) is 9.33. The molecule has 3 aliphatic rings. The summed E-state index contributed by atoms with van der Waals surface area (Å²) < 4.78 is 16.5. The Labute approximate surface area is 176 Å². The van der Waals surface area contributed by atoms with Crippen molar-refractivity contribution in [2.24, 2.45) is 4.99 Å². The fraction of sp³-hybridized carbons (Fsp3) is 0.421. The van der Waals surface area contributed by atoms with E-state index >= 15 is 0 Å². The maximum Gasteiger partial charge on any atom is 0.265 e. The third-order valence-corrected chi connectivity index (χ3v) is 7.62. The number of aromatic nitrogens is 1. The maximum absolute atomic E-state index is 12.9. The number of methoxy groups -OCH3 is 1. The first kappa shape index (κ1) is 18.8. The number of amides is 1. The number of fused-ring (bicyclic) bond motifs is 2. The molecule has 2 aromatic rings. The first-order chi connectivity index (χ1) is 14.1. The summed E-state index contributed by atoms with van der Waals surface area (Å²) in [6, 6.07) is 5.42. The van der Waals surface area contributed by atoms with E-state index in [1.54, 1.807) is 31.9 Å². The number of morpholine rings is 1. The van der Waals surface area contributed by atoms with Gasteiger partial charge in [0.05, 0.1) is 20.3 Å². The molecule has 0 spiro atoms. The maximum atomic E-state index is 12.9. The number of carbonyl (C=O) groups excluding carboxylic acids is 1. The van der Waals surface area contributed by atoms with Crippen LogP contribution in [0.15, 0.2) is 38.3 Å². The molecule has 0 radical (unpaired) electrons. The fourth-order valence-electron chi connectivity index (χ4n) is 3.55. The number of hydrogen-bond donors (Lipinski definition) is 1. The van der Waals surface area contributed by atoms with Crippen LogP contribution in [0.4, 0.5) is 5.69 Å². The van der Waals surface area contributed by atoms with Gasteiger partial charge in [-0.3, -0.25) is 4.79 Å². The highest BCUT2D eigenvalue weighted by Gasteiger charge is 2.45. The summed E-state index contributed by atoms with van der Waals surface area (Å²) in [7, 11) is 1.61. The summed E-state index contributed by atoms with van der Waals surface area (Å²) >= 11 is 3.13. The Hall–Kier alpha value is -2.17. The molecule has 29 heavy (non-hydrogen) atoms. The quantitative estimate of drug-likeness (QED) is 0.792. The van der Waals surface area contributed by atoms with E-state index < -0.39 is 0 Å². The van der Waals surface area contributed by atoms with Crippen molar-refractivity contribution in [1.82, 2.24) is 9.88 Å². The van der Waals surface area contributed by atoms with E-state index in [9.17, 15) is 4.79 Å². The summed E-state index contributed by atoms with van der Waals surface area (Å²) in [4.78, 5) is 24.9. The molecule has 1 aromatic heterocycles. The van der Waals surface area contributed by atoms with E-state index in [-0.39, 0.29) is 16.5 Å². The number of oxazole rings is 1. The van der Waals surface area contributed by atoms with Crippen molar-refractivity contribution in [3.63, 3.8) is 0 Å². The molecule has 10 heteroatoms. The zero-order chi connectivity index (χ0) is 20.0. The monoisotopic (exact) mass is 432 g/mol. The van der Waals surface area contributed by atoms with Crippen LogP contribution in [-0.2, 0) is 14.3 Å². The minimum Gasteiger partial charge on any atom is -0.498 e. The van der Waals surface area contributed by atoms with E-state index in [2.05, 4.69) is 15.2 Å². The highest BCUT2D eigenvalue weighted by Crippen LogP contribution is 2.49. The fourth-order valence-corrected chi connectivity index (χ4v) is 6.38. The largest absolute Gasteiger partial charge is 0.498 e. The number of nitrogens with one attached hydrogen (secondary N) is 1. The lowest BCUT2D eigenvalue weighted by molar-refractivity contribution is -0.112. The van der Waals surface area contributed by atoms with Gasteiger partial charge >= 0.3 is 0 Å². The van der Waals surface area contributed by atoms with Crippen molar-refractivity contribution in [3.8, 4) is 0 Å². The molecule has 5 rings (SSSR count). The minimum absolute atomic E-state index is 0.0178. The molecule has 0 aliphatic carbocycles. The Kier molecular flexibility index (Phi) is 4.92. The van der Waals surface area contributed by atoms with Crippen LogP contribution in [0.5, 0.6) is 0 Å². The molecular weight excluding hydrogens is 412 g/mol. The number of rotatable bonds is 3. The van der Waals surface area contributed by atoms with E-state index in [1.165, 1.54) is 11.8 Å². The van der Waals surface area contributed by atoms with Crippen LogP contribution in [0.1, 0.15) is 5.89 Å². The number of ether oxygens (including phenoxy) is 2. The second-order valence-corrected chi connectivity index (χ2v) is 9.06. The third kappa shape index (κ3) is 3.49. The van der Waals surface area contributed by atoms with Crippen molar-refractivity contribution in [2.45, 2.75) is 17.5 Å². The second kappa shape index (κ2) is 7.58. The number of aliphatic imine (C=N–C) groups is 1. The average molecular weight is 433 g/mol. The molecule has 1 saturated heterocycles. The highest BCUT2D eigenvalue weighted by molar-refractivity contribution is 8.16. The number of carbonyl (C=O) groups is 1. The van der Waals surface area contributed by atoms with Gasteiger partial charge in [-0.25, -0.2) is 9.98 Å². The van der Waals surface area contributed by atoms with E-state index in [0.717, 1.165) is 31.5 Å². The number of thioether (sulfide) groups is 2. The lowest BCUT2D eigenvalue weighted by Crippen LogP contribution is -2.39. The average Bonchev–Trinajstić information content (AvgIpc) is 3.39. The molecular formula is C19H20N4O4S2. The lowest BCUT2D eigenvalue weighted by Gasteiger charge is -2.28. The molecule has 2 unspecified atom stereocenters. The summed E-state index contributed by atoms with van der Waals surface area (Å²) in [6.45, 7) is 4.93. The van der Waals surface area contributed by atoms with Crippen LogP contribution in [0.25, 0.3) is 11.1 Å². The Morgan fingerprint density at radius 1 is 1.31 bits per heavy atom. The van der Waals surface area contributed by atoms with E-state index in [1.807, 2.05) is 12.1 Å². The minimum atomic E-state index is -0.190. The molecule has 0 bridgehead atoms. The predicted molar refractivity (Wildman–Crippen MR) is 114 cm³/mol. The van der Waals surface area contributed by atoms with Crippen molar-refractivity contribution >= 4 is 51.4 Å². The number of nitrogens with zero attached hydrogens (tertiary/aromatic N) is 3. The third-order valence-electron chi connectivity index (χ3n) is 4.91. The summed E-state index contributed by atoms with van der Waals surface area (Å²) in [6.07, 6.45) is 0. The molecule has 1 fully saturated rings. The SMILES string of the molecule is COC1=C(C(=O)Nc2ccc3oc(C)nc3c2)SC2N=C(N3CCOCC3)SC12. The Balaban J connectivity index is 1.32.